The molecule has 0 aliphatic rings. The summed E-state index contributed by atoms with van der Waals surface area (Å²) >= 11 is 0. The Labute approximate surface area is 137 Å². The molecule has 0 aromatic heterocycles. The number of alkyl halides is 2. The Hall–Kier alpha value is -2.83. The zero-order chi connectivity index (χ0) is 17.7. The first kappa shape index (κ1) is 17.5. The number of methoxy groups -OCH3 is 1. The first-order valence-corrected chi connectivity index (χ1v) is 6.99. The number of rotatable bonds is 6. The molecular formula is C17H16F2O5. The molecule has 0 spiro atoms. The van der Waals surface area contributed by atoms with Crippen LogP contribution < -0.4 is 9.47 Å². The van der Waals surface area contributed by atoms with Gasteiger partial charge in [0.05, 0.1) is 7.11 Å². The Kier molecular flexibility index (Phi) is 5.57. The smallest absolute Gasteiger partial charge is 0.387 e. The number of aryl methyl sites for hydroxylation is 1. The zero-order valence-electron chi connectivity index (χ0n) is 13.1. The maximum atomic E-state index is 12.3. The molecule has 0 aliphatic carbocycles. The van der Waals surface area contributed by atoms with Crippen molar-refractivity contribution >= 4 is 5.97 Å². The monoisotopic (exact) mass is 338 g/mol. The van der Waals surface area contributed by atoms with Crippen molar-refractivity contribution in [2.24, 2.45) is 0 Å². The standard InChI is InChI=1S/C17H16F2O5/c1-10-3-5-12(13(20)7-10)16(21)23-9-11-4-6-14(24-17(18)19)15(8-11)22-2/h3-8,17,20H,9H2,1-2H3. The van der Waals surface area contributed by atoms with Crippen LogP contribution in [0.25, 0.3) is 0 Å². The van der Waals surface area contributed by atoms with E-state index in [1.165, 1.54) is 37.4 Å². The molecule has 2 aromatic rings. The fraction of sp³-hybridized carbons (Fsp3) is 0.235. The average molecular weight is 338 g/mol. The van der Waals surface area contributed by atoms with Gasteiger partial charge in [-0.25, -0.2) is 4.79 Å². The fourth-order valence-corrected chi connectivity index (χ4v) is 2.04. The van der Waals surface area contributed by atoms with Crippen LogP contribution in [0.2, 0.25) is 0 Å². The van der Waals surface area contributed by atoms with Crippen molar-refractivity contribution in [3.05, 3.63) is 53.1 Å². The summed E-state index contributed by atoms with van der Waals surface area (Å²) in [7, 11) is 1.31. The molecule has 0 fully saturated rings. The summed E-state index contributed by atoms with van der Waals surface area (Å²) in [5.41, 5.74) is 1.38. The van der Waals surface area contributed by atoms with Gasteiger partial charge in [-0.05, 0) is 42.3 Å². The summed E-state index contributed by atoms with van der Waals surface area (Å²) in [5, 5.41) is 9.75. The highest BCUT2D eigenvalue weighted by Crippen LogP contribution is 2.30. The lowest BCUT2D eigenvalue weighted by Gasteiger charge is -2.12. The molecule has 0 saturated carbocycles. The van der Waals surface area contributed by atoms with Gasteiger partial charge < -0.3 is 19.3 Å². The number of phenols is 1. The van der Waals surface area contributed by atoms with Crippen LogP contribution in [0.1, 0.15) is 21.5 Å². The van der Waals surface area contributed by atoms with Crippen LogP contribution in [-0.4, -0.2) is 24.8 Å². The summed E-state index contributed by atoms with van der Waals surface area (Å²) in [4.78, 5) is 12.0. The van der Waals surface area contributed by atoms with Gasteiger partial charge in [0, 0.05) is 0 Å². The van der Waals surface area contributed by atoms with Gasteiger partial charge in [-0.1, -0.05) is 12.1 Å². The Morgan fingerprint density at radius 2 is 1.92 bits per heavy atom. The van der Waals surface area contributed by atoms with Crippen molar-refractivity contribution < 1.29 is 32.9 Å². The molecule has 0 atom stereocenters. The maximum absolute atomic E-state index is 12.3. The van der Waals surface area contributed by atoms with Gasteiger partial charge in [0.25, 0.3) is 0 Å². The maximum Gasteiger partial charge on any atom is 0.387 e. The first-order chi connectivity index (χ1) is 11.4. The summed E-state index contributed by atoms with van der Waals surface area (Å²) in [6.07, 6.45) is 0. The Morgan fingerprint density at radius 1 is 1.17 bits per heavy atom. The van der Waals surface area contributed by atoms with Crippen LogP contribution in [-0.2, 0) is 11.3 Å². The molecule has 7 heteroatoms. The number of hydrogen-bond donors (Lipinski definition) is 1. The molecule has 2 aromatic carbocycles. The first-order valence-electron chi connectivity index (χ1n) is 6.99. The quantitative estimate of drug-likeness (QED) is 0.814. The SMILES string of the molecule is COc1cc(COC(=O)c2ccc(C)cc2O)ccc1OC(F)F. The lowest BCUT2D eigenvalue weighted by molar-refractivity contribution is -0.0512. The molecule has 24 heavy (non-hydrogen) atoms. The fourth-order valence-electron chi connectivity index (χ4n) is 2.04. The average Bonchev–Trinajstić information content (AvgIpc) is 2.53. The minimum Gasteiger partial charge on any atom is -0.507 e. The number of aromatic hydroxyl groups is 1. The van der Waals surface area contributed by atoms with E-state index in [1.54, 1.807) is 13.0 Å². The van der Waals surface area contributed by atoms with Crippen molar-refractivity contribution in [2.75, 3.05) is 7.11 Å². The topological polar surface area (TPSA) is 65.0 Å². The normalized spacial score (nSPS) is 10.5. The number of carbonyl (C=O) groups excluding carboxylic acids is 1. The lowest BCUT2D eigenvalue weighted by atomic mass is 10.1. The van der Waals surface area contributed by atoms with Crippen molar-refractivity contribution in [3.8, 4) is 17.2 Å². The summed E-state index contributed by atoms with van der Waals surface area (Å²) in [5.74, 6) is -0.876. The van der Waals surface area contributed by atoms with E-state index in [4.69, 9.17) is 9.47 Å². The summed E-state index contributed by atoms with van der Waals surface area (Å²) in [6.45, 7) is -1.30. The highest BCUT2D eigenvalue weighted by molar-refractivity contribution is 5.92. The second-order valence-corrected chi connectivity index (χ2v) is 4.96. The van der Waals surface area contributed by atoms with E-state index in [0.29, 0.717) is 5.56 Å². The lowest BCUT2D eigenvalue weighted by Crippen LogP contribution is -2.07. The molecule has 0 bridgehead atoms. The van der Waals surface area contributed by atoms with Gasteiger partial charge in [0.1, 0.15) is 17.9 Å². The predicted molar refractivity (Wildman–Crippen MR) is 81.6 cm³/mol. The van der Waals surface area contributed by atoms with Gasteiger partial charge in [-0.3, -0.25) is 0 Å². The number of hydrogen-bond acceptors (Lipinski definition) is 5. The molecule has 5 nitrogen and oxygen atoms in total. The number of carbonyl (C=O) groups is 1. The molecule has 0 amide bonds. The molecule has 0 saturated heterocycles. The molecule has 0 radical (unpaired) electrons. The Morgan fingerprint density at radius 3 is 2.54 bits per heavy atom. The van der Waals surface area contributed by atoms with E-state index in [9.17, 15) is 18.7 Å². The van der Waals surface area contributed by atoms with E-state index < -0.39 is 12.6 Å². The second kappa shape index (κ2) is 7.63. The van der Waals surface area contributed by atoms with Crippen molar-refractivity contribution in [1.29, 1.82) is 0 Å². The number of phenolic OH excluding ortho intramolecular Hbond substituents is 1. The van der Waals surface area contributed by atoms with Crippen molar-refractivity contribution in [1.82, 2.24) is 0 Å². The largest absolute Gasteiger partial charge is 0.507 e. The molecule has 128 valence electrons. The van der Waals surface area contributed by atoms with E-state index in [0.717, 1.165) is 5.56 Å². The summed E-state index contributed by atoms with van der Waals surface area (Å²) < 4.78 is 38.9. The van der Waals surface area contributed by atoms with Crippen LogP contribution >= 0.6 is 0 Å². The number of halogens is 2. The van der Waals surface area contributed by atoms with Crippen LogP contribution in [0.3, 0.4) is 0 Å². The number of ether oxygens (including phenoxy) is 3. The van der Waals surface area contributed by atoms with Crippen LogP contribution in [0.15, 0.2) is 36.4 Å². The third kappa shape index (κ3) is 4.34. The van der Waals surface area contributed by atoms with Gasteiger partial charge in [-0.15, -0.1) is 0 Å². The van der Waals surface area contributed by atoms with E-state index >= 15 is 0 Å². The zero-order valence-corrected chi connectivity index (χ0v) is 13.1. The highest BCUT2D eigenvalue weighted by Gasteiger charge is 2.14. The predicted octanol–water partition coefficient (Wildman–Crippen LogP) is 3.67. The molecule has 1 N–H and O–H groups in total. The highest BCUT2D eigenvalue weighted by atomic mass is 19.3. The van der Waals surface area contributed by atoms with Gasteiger partial charge >= 0.3 is 12.6 Å². The molecule has 0 unspecified atom stereocenters. The van der Waals surface area contributed by atoms with Crippen LogP contribution in [0.4, 0.5) is 8.78 Å². The summed E-state index contributed by atoms with van der Waals surface area (Å²) in [6, 6.07) is 8.80. The molecule has 0 aliphatic heterocycles. The van der Waals surface area contributed by atoms with E-state index in [-0.39, 0.29) is 29.4 Å². The van der Waals surface area contributed by atoms with E-state index in [1.807, 2.05) is 0 Å². The van der Waals surface area contributed by atoms with Gasteiger partial charge in [0.15, 0.2) is 11.5 Å². The molecule has 0 heterocycles. The van der Waals surface area contributed by atoms with Crippen molar-refractivity contribution in [3.63, 3.8) is 0 Å². The number of benzene rings is 2. The second-order valence-electron chi connectivity index (χ2n) is 4.96. The minimum atomic E-state index is -2.97. The Bertz CT molecular complexity index is 731. The molecular weight excluding hydrogens is 322 g/mol. The third-order valence-corrected chi connectivity index (χ3v) is 3.19. The van der Waals surface area contributed by atoms with Crippen molar-refractivity contribution in [2.45, 2.75) is 20.1 Å². The van der Waals surface area contributed by atoms with Gasteiger partial charge in [0.2, 0.25) is 0 Å². The van der Waals surface area contributed by atoms with E-state index in [2.05, 4.69) is 4.74 Å². The van der Waals surface area contributed by atoms with Crippen LogP contribution in [0.5, 0.6) is 17.2 Å². The third-order valence-electron chi connectivity index (χ3n) is 3.19. The van der Waals surface area contributed by atoms with Gasteiger partial charge in [-0.2, -0.15) is 8.78 Å². The minimum absolute atomic E-state index is 0.0465. The number of esters is 1. The molecule has 2 rings (SSSR count). The Balaban J connectivity index is 2.07. The van der Waals surface area contributed by atoms with Crippen LogP contribution in [0, 0.1) is 6.92 Å².